The van der Waals surface area contributed by atoms with Gasteiger partial charge in [-0.05, 0) is 64.6 Å². The molecule has 0 amide bonds. The molecule has 43 heavy (non-hydrogen) atoms. The van der Waals surface area contributed by atoms with Gasteiger partial charge < -0.3 is 15.0 Å². The van der Waals surface area contributed by atoms with Crippen LogP contribution in [-0.4, -0.2) is 6.21 Å². The van der Waals surface area contributed by atoms with Crippen LogP contribution in [0.3, 0.4) is 0 Å². The van der Waals surface area contributed by atoms with Gasteiger partial charge in [-0.3, -0.25) is 0 Å². The third-order valence-corrected chi connectivity index (χ3v) is 7.57. The first-order valence-electron chi connectivity index (χ1n) is 14.3. The molecule has 0 spiro atoms. The molecule has 1 heterocycles. The lowest BCUT2D eigenvalue weighted by atomic mass is 9.97. The highest BCUT2D eigenvalue weighted by Crippen LogP contribution is 2.39. The molecule has 208 valence electrons. The Balaban J connectivity index is 1.36. The highest BCUT2D eigenvalue weighted by molar-refractivity contribution is 5.96. The Morgan fingerprint density at radius 3 is 1.86 bits per heavy atom. The Hall–Kier alpha value is -5.67. The molecule has 1 aliphatic rings. The van der Waals surface area contributed by atoms with Gasteiger partial charge in [0, 0.05) is 34.4 Å². The number of nitrogens with zero attached hydrogens (tertiary/aromatic N) is 1. The highest BCUT2D eigenvalue weighted by atomic mass is 16.5. The number of hydrogen-bond donors (Lipinski definition) is 1. The Bertz CT molecular complexity index is 1830. The summed E-state index contributed by atoms with van der Waals surface area (Å²) in [6, 6.07) is 41.9. The number of ether oxygens (including phenoxy) is 1. The molecule has 5 aromatic rings. The van der Waals surface area contributed by atoms with Crippen molar-refractivity contribution in [3.05, 3.63) is 181 Å². The second-order valence-electron chi connectivity index (χ2n) is 10.3. The maximum atomic E-state index is 8.38. The lowest BCUT2D eigenvalue weighted by Crippen LogP contribution is -2.16. The molecule has 0 unspecified atom stereocenters. The predicted molar refractivity (Wildman–Crippen MR) is 181 cm³/mol. The molecule has 1 N–H and O–H groups in total. The van der Waals surface area contributed by atoms with E-state index in [9.17, 15) is 0 Å². The minimum absolute atomic E-state index is 0.519. The minimum atomic E-state index is 0.519. The van der Waals surface area contributed by atoms with Gasteiger partial charge in [-0.25, -0.2) is 0 Å². The summed E-state index contributed by atoms with van der Waals surface area (Å²) in [5.41, 5.74) is 9.85. The van der Waals surface area contributed by atoms with Gasteiger partial charge in [0.05, 0.1) is 0 Å². The average Bonchev–Trinajstić information content (AvgIpc) is 3.15. The van der Waals surface area contributed by atoms with Crippen molar-refractivity contribution < 1.29 is 4.74 Å². The topological polar surface area (TPSA) is 36.3 Å². The normalized spacial score (nSPS) is 13.8. The van der Waals surface area contributed by atoms with Crippen molar-refractivity contribution in [3.8, 4) is 28.0 Å². The Labute approximate surface area is 253 Å². The number of para-hydroxylation sites is 1. The molecule has 0 radical (unpaired) electrons. The maximum Gasteiger partial charge on any atom is 0.140 e. The molecule has 0 atom stereocenters. The smallest absolute Gasteiger partial charge is 0.140 e. The summed E-state index contributed by atoms with van der Waals surface area (Å²) >= 11 is 0. The van der Waals surface area contributed by atoms with Gasteiger partial charge in [-0.1, -0.05) is 128 Å². The van der Waals surface area contributed by atoms with Crippen molar-refractivity contribution in [1.82, 2.24) is 0 Å². The summed E-state index contributed by atoms with van der Waals surface area (Å²) < 4.78 is 6.19. The molecule has 0 saturated carbocycles. The maximum absolute atomic E-state index is 8.38. The molecule has 0 aliphatic carbocycles. The highest BCUT2D eigenvalue weighted by Gasteiger charge is 2.21. The van der Waals surface area contributed by atoms with Gasteiger partial charge in [-0.2, -0.15) is 0 Å². The Morgan fingerprint density at radius 1 is 0.674 bits per heavy atom. The first-order chi connectivity index (χ1) is 21.1. The number of hydrogen-bond acceptors (Lipinski definition) is 3. The van der Waals surface area contributed by atoms with E-state index in [-0.39, 0.29) is 0 Å². The van der Waals surface area contributed by atoms with E-state index in [1.165, 1.54) is 17.3 Å². The molecule has 0 bridgehead atoms. The van der Waals surface area contributed by atoms with Crippen LogP contribution in [0.25, 0.3) is 28.0 Å². The zero-order chi connectivity index (χ0) is 29.6. The predicted octanol–water partition coefficient (Wildman–Crippen LogP) is 10.4. The lowest BCUT2D eigenvalue weighted by molar-refractivity contribution is 0.442. The van der Waals surface area contributed by atoms with Crippen molar-refractivity contribution in [2.45, 2.75) is 6.42 Å². The Kier molecular flexibility index (Phi) is 7.97. The van der Waals surface area contributed by atoms with E-state index in [0.29, 0.717) is 23.5 Å². The number of nitrogens with one attached hydrogen (secondary N) is 1. The lowest BCUT2D eigenvalue weighted by Gasteiger charge is -2.29. The standard InChI is InChI=1S/C40H32N2O/c1-29-12-6-3-9-15-35-24-27-38(39(28-41)40(35)43-29)30(2)42(36-16-10-5-11-17-36)37-25-22-34(23-26-37)33-20-18-32(19-21-33)31-13-7-4-8-14-31/h3-14,16-28,41H,1-2,15H2/b9-3-,12-6-,41-28?. The van der Waals surface area contributed by atoms with Gasteiger partial charge in [0.15, 0.2) is 0 Å². The number of anilines is 2. The number of rotatable bonds is 7. The molecule has 3 heteroatoms. The second-order valence-corrected chi connectivity index (χ2v) is 10.3. The van der Waals surface area contributed by atoms with Gasteiger partial charge in [0.2, 0.25) is 0 Å². The van der Waals surface area contributed by atoms with E-state index in [0.717, 1.165) is 39.3 Å². The zero-order valence-corrected chi connectivity index (χ0v) is 23.9. The van der Waals surface area contributed by atoms with Crippen LogP contribution in [-0.2, 0) is 6.42 Å². The van der Waals surface area contributed by atoms with E-state index in [2.05, 4.69) is 115 Å². The summed E-state index contributed by atoms with van der Waals surface area (Å²) in [4.78, 5) is 2.13. The summed E-state index contributed by atoms with van der Waals surface area (Å²) in [7, 11) is 0. The van der Waals surface area contributed by atoms with Crippen LogP contribution in [0.1, 0.15) is 16.7 Å². The number of fused-ring (bicyclic) bond motifs is 1. The van der Waals surface area contributed by atoms with Crippen LogP contribution in [0, 0.1) is 5.41 Å². The van der Waals surface area contributed by atoms with Crippen molar-refractivity contribution in [3.63, 3.8) is 0 Å². The zero-order valence-electron chi connectivity index (χ0n) is 23.9. The first kappa shape index (κ1) is 27.5. The fraction of sp³-hybridized carbons (Fsp3) is 0.0250. The largest absolute Gasteiger partial charge is 0.457 e. The SMILES string of the molecule is C=C1/C=C\C=C/Cc2ccc(C(=C)N(c3ccccc3)c3ccc(-c4ccc(-c5ccccc5)cc4)cc3)c(C=N)c2O1. The van der Waals surface area contributed by atoms with Crippen LogP contribution in [0.2, 0.25) is 0 Å². The van der Waals surface area contributed by atoms with E-state index in [1.54, 1.807) is 0 Å². The number of benzene rings is 5. The van der Waals surface area contributed by atoms with E-state index >= 15 is 0 Å². The fourth-order valence-corrected chi connectivity index (χ4v) is 5.37. The monoisotopic (exact) mass is 556 g/mol. The van der Waals surface area contributed by atoms with Crippen LogP contribution in [0.4, 0.5) is 11.4 Å². The van der Waals surface area contributed by atoms with Gasteiger partial charge in [0.25, 0.3) is 0 Å². The van der Waals surface area contributed by atoms with Crippen molar-refractivity contribution >= 4 is 23.3 Å². The third kappa shape index (κ3) is 5.88. The van der Waals surface area contributed by atoms with Gasteiger partial charge >= 0.3 is 0 Å². The summed E-state index contributed by atoms with van der Waals surface area (Å²) in [5, 5.41) is 8.38. The van der Waals surface area contributed by atoms with Crippen LogP contribution in [0.5, 0.6) is 5.75 Å². The molecule has 5 aromatic carbocycles. The molecule has 0 saturated heterocycles. The quantitative estimate of drug-likeness (QED) is 0.202. The summed E-state index contributed by atoms with van der Waals surface area (Å²) in [6.07, 6.45) is 9.84. The van der Waals surface area contributed by atoms with Crippen LogP contribution < -0.4 is 9.64 Å². The first-order valence-corrected chi connectivity index (χ1v) is 14.3. The second kappa shape index (κ2) is 12.5. The molecule has 3 nitrogen and oxygen atoms in total. The molecule has 6 rings (SSSR count). The van der Waals surface area contributed by atoms with Crippen molar-refractivity contribution in [2.24, 2.45) is 0 Å². The average molecular weight is 557 g/mol. The van der Waals surface area contributed by atoms with Gasteiger partial charge in [0.1, 0.15) is 11.5 Å². The summed E-state index contributed by atoms with van der Waals surface area (Å²) in [6.45, 7) is 8.59. The van der Waals surface area contributed by atoms with Crippen molar-refractivity contribution in [1.29, 1.82) is 5.41 Å². The van der Waals surface area contributed by atoms with E-state index in [1.807, 2.05) is 48.6 Å². The van der Waals surface area contributed by atoms with Crippen molar-refractivity contribution in [2.75, 3.05) is 4.90 Å². The molecular formula is C40H32N2O. The molecule has 1 aliphatic heterocycles. The van der Waals surface area contributed by atoms with Gasteiger partial charge in [-0.15, -0.1) is 0 Å². The third-order valence-electron chi connectivity index (χ3n) is 7.57. The Morgan fingerprint density at radius 2 is 1.23 bits per heavy atom. The van der Waals surface area contributed by atoms with E-state index in [4.69, 9.17) is 10.1 Å². The summed E-state index contributed by atoms with van der Waals surface area (Å²) in [5.74, 6) is 1.16. The fourth-order valence-electron chi connectivity index (χ4n) is 5.37. The minimum Gasteiger partial charge on any atom is -0.457 e. The molecule has 0 aromatic heterocycles. The molecule has 0 fully saturated rings. The van der Waals surface area contributed by atoms with E-state index < -0.39 is 0 Å². The number of allylic oxidation sites excluding steroid dienone is 4. The molecular weight excluding hydrogens is 524 g/mol. The van der Waals surface area contributed by atoms with Crippen LogP contribution >= 0.6 is 0 Å². The van der Waals surface area contributed by atoms with Crippen LogP contribution in [0.15, 0.2) is 165 Å².